The van der Waals surface area contributed by atoms with Crippen molar-refractivity contribution in [3.05, 3.63) is 67.1 Å². The second kappa shape index (κ2) is 5.88. The third-order valence-electron chi connectivity index (χ3n) is 3.96. The summed E-state index contributed by atoms with van der Waals surface area (Å²) in [7, 11) is 0. The van der Waals surface area contributed by atoms with E-state index in [9.17, 15) is 5.11 Å². The lowest BCUT2D eigenvalue weighted by Gasteiger charge is -2.21. The molecule has 0 saturated heterocycles. The van der Waals surface area contributed by atoms with Crippen LogP contribution in [-0.2, 0) is 0 Å². The Balaban J connectivity index is 2.58. The van der Waals surface area contributed by atoms with Gasteiger partial charge in [-0.15, -0.1) is 0 Å². The molecule has 1 unspecified atom stereocenters. The van der Waals surface area contributed by atoms with Crippen molar-refractivity contribution >= 4 is 27.5 Å². The van der Waals surface area contributed by atoms with Crippen LogP contribution >= 0.6 is 27.5 Å². The molecule has 0 amide bonds. The third-order valence-corrected chi connectivity index (χ3v) is 5.17. The Labute approximate surface area is 133 Å². The van der Waals surface area contributed by atoms with Crippen molar-refractivity contribution in [3.8, 4) is 0 Å². The molecule has 2 aromatic carbocycles. The van der Waals surface area contributed by atoms with E-state index in [4.69, 9.17) is 11.6 Å². The highest BCUT2D eigenvalue weighted by atomic mass is 79.9. The standard InChI is InChI=1S/C17H18BrClO/c1-9-7-10(2)12(4)16(11(9)3)17(20)13-5-6-15(19)14(18)8-13/h5-8,17,20H,1-4H3. The summed E-state index contributed by atoms with van der Waals surface area (Å²) < 4.78 is 0.801. The molecule has 106 valence electrons. The van der Waals surface area contributed by atoms with E-state index < -0.39 is 6.10 Å². The maximum Gasteiger partial charge on any atom is 0.105 e. The topological polar surface area (TPSA) is 20.2 Å². The van der Waals surface area contributed by atoms with Crippen molar-refractivity contribution in [2.24, 2.45) is 0 Å². The van der Waals surface area contributed by atoms with Gasteiger partial charge in [0.25, 0.3) is 0 Å². The Bertz CT molecular complexity index is 638. The van der Waals surface area contributed by atoms with Gasteiger partial charge in [-0.25, -0.2) is 0 Å². The number of halogens is 2. The van der Waals surface area contributed by atoms with E-state index in [1.807, 2.05) is 12.1 Å². The smallest absolute Gasteiger partial charge is 0.105 e. The molecule has 1 N–H and O–H groups in total. The van der Waals surface area contributed by atoms with Crippen molar-refractivity contribution < 1.29 is 5.11 Å². The summed E-state index contributed by atoms with van der Waals surface area (Å²) in [4.78, 5) is 0. The van der Waals surface area contributed by atoms with Crippen LogP contribution in [0.5, 0.6) is 0 Å². The van der Waals surface area contributed by atoms with E-state index in [2.05, 4.69) is 49.7 Å². The van der Waals surface area contributed by atoms with E-state index in [0.717, 1.165) is 26.7 Å². The Hall–Kier alpha value is -0.830. The predicted octanol–water partition coefficient (Wildman–Crippen LogP) is 5.42. The first-order valence-corrected chi connectivity index (χ1v) is 7.70. The van der Waals surface area contributed by atoms with Crippen LogP contribution in [0.3, 0.4) is 0 Å². The molecular weight excluding hydrogens is 336 g/mol. The maximum absolute atomic E-state index is 10.8. The number of benzene rings is 2. The Morgan fingerprint density at radius 2 is 1.55 bits per heavy atom. The fourth-order valence-electron chi connectivity index (χ4n) is 2.51. The van der Waals surface area contributed by atoms with Gasteiger partial charge in [0.05, 0.1) is 5.02 Å². The lowest BCUT2D eigenvalue weighted by Crippen LogP contribution is -2.07. The number of aliphatic hydroxyl groups is 1. The van der Waals surface area contributed by atoms with Crippen LogP contribution in [-0.4, -0.2) is 5.11 Å². The summed E-state index contributed by atoms with van der Waals surface area (Å²) in [6.45, 7) is 8.28. The minimum Gasteiger partial charge on any atom is -0.384 e. The summed E-state index contributed by atoms with van der Waals surface area (Å²) in [6.07, 6.45) is -0.637. The molecule has 0 bridgehead atoms. The zero-order valence-corrected chi connectivity index (χ0v) is 14.4. The molecule has 20 heavy (non-hydrogen) atoms. The molecule has 0 radical (unpaired) electrons. The van der Waals surface area contributed by atoms with Crippen LogP contribution in [0.15, 0.2) is 28.7 Å². The highest BCUT2D eigenvalue weighted by Crippen LogP contribution is 2.34. The van der Waals surface area contributed by atoms with E-state index in [1.54, 1.807) is 6.07 Å². The fraction of sp³-hybridized carbons (Fsp3) is 0.294. The lowest BCUT2D eigenvalue weighted by atomic mass is 9.88. The van der Waals surface area contributed by atoms with Gasteiger partial charge in [0.2, 0.25) is 0 Å². The average molecular weight is 354 g/mol. The molecule has 0 aromatic heterocycles. The number of aliphatic hydroxyl groups excluding tert-OH is 1. The van der Waals surface area contributed by atoms with Gasteiger partial charge in [-0.05, 0) is 89.1 Å². The van der Waals surface area contributed by atoms with Gasteiger partial charge in [-0.3, -0.25) is 0 Å². The average Bonchev–Trinajstić information content (AvgIpc) is 2.40. The van der Waals surface area contributed by atoms with Gasteiger partial charge in [-0.1, -0.05) is 23.7 Å². The molecule has 0 aliphatic heterocycles. The summed E-state index contributed by atoms with van der Waals surface area (Å²) in [5.74, 6) is 0. The largest absolute Gasteiger partial charge is 0.384 e. The summed E-state index contributed by atoms with van der Waals surface area (Å²) in [5.41, 5.74) is 6.54. The van der Waals surface area contributed by atoms with Crippen molar-refractivity contribution in [3.63, 3.8) is 0 Å². The summed E-state index contributed by atoms with van der Waals surface area (Å²) in [6, 6.07) is 7.72. The SMILES string of the molecule is Cc1cc(C)c(C)c(C(O)c2ccc(Cl)c(Br)c2)c1C. The molecule has 1 nitrogen and oxygen atoms in total. The molecule has 0 aliphatic rings. The van der Waals surface area contributed by atoms with Crippen molar-refractivity contribution in [1.29, 1.82) is 0 Å². The molecule has 0 fully saturated rings. The molecule has 2 rings (SSSR count). The first kappa shape index (κ1) is 15.6. The van der Waals surface area contributed by atoms with Crippen molar-refractivity contribution in [2.75, 3.05) is 0 Å². The third kappa shape index (κ3) is 2.78. The minimum atomic E-state index is -0.637. The van der Waals surface area contributed by atoms with Crippen LogP contribution in [0.1, 0.15) is 39.5 Å². The van der Waals surface area contributed by atoms with Crippen molar-refractivity contribution in [1.82, 2.24) is 0 Å². The van der Waals surface area contributed by atoms with Gasteiger partial charge >= 0.3 is 0 Å². The number of rotatable bonds is 2. The molecular formula is C17H18BrClO. The summed E-state index contributed by atoms with van der Waals surface area (Å²) >= 11 is 9.43. The molecule has 0 saturated carbocycles. The molecule has 0 aliphatic carbocycles. The van der Waals surface area contributed by atoms with E-state index >= 15 is 0 Å². The van der Waals surface area contributed by atoms with Crippen LogP contribution in [0, 0.1) is 27.7 Å². The number of hydrogen-bond donors (Lipinski definition) is 1. The Morgan fingerprint density at radius 1 is 1.00 bits per heavy atom. The van der Waals surface area contributed by atoms with Crippen LogP contribution in [0.2, 0.25) is 5.02 Å². The second-order valence-corrected chi connectivity index (χ2v) is 6.51. The molecule has 2 aromatic rings. The predicted molar refractivity (Wildman–Crippen MR) is 88.6 cm³/mol. The first-order valence-electron chi connectivity index (χ1n) is 6.53. The molecule has 0 spiro atoms. The van der Waals surface area contributed by atoms with E-state index in [1.165, 1.54) is 11.1 Å². The minimum absolute atomic E-state index is 0.637. The molecule has 0 heterocycles. The normalized spacial score (nSPS) is 12.6. The zero-order valence-electron chi connectivity index (χ0n) is 12.1. The highest BCUT2D eigenvalue weighted by Gasteiger charge is 2.18. The van der Waals surface area contributed by atoms with E-state index in [0.29, 0.717) is 5.02 Å². The molecule has 3 heteroatoms. The quantitative estimate of drug-likeness (QED) is 0.764. The van der Waals surface area contributed by atoms with Gasteiger partial charge in [-0.2, -0.15) is 0 Å². The maximum atomic E-state index is 10.8. The highest BCUT2D eigenvalue weighted by molar-refractivity contribution is 9.10. The lowest BCUT2D eigenvalue weighted by molar-refractivity contribution is 0.218. The number of hydrogen-bond acceptors (Lipinski definition) is 1. The second-order valence-electron chi connectivity index (χ2n) is 5.25. The Kier molecular flexibility index (Phi) is 4.58. The van der Waals surface area contributed by atoms with E-state index in [-0.39, 0.29) is 0 Å². The Morgan fingerprint density at radius 3 is 2.05 bits per heavy atom. The van der Waals surface area contributed by atoms with Crippen LogP contribution < -0.4 is 0 Å². The van der Waals surface area contributed by atoms with Gasteiger partial charge < -0.3 is 5.11 Å². The summed E-state index contributed by atoms with van der Waals surface area (Å²) in [5, 5.41) is 11.4. The fourth-order valence-corrected chi connectivity index (χ4v) is 3.02. The number of aryl methyl sites for hydroxylation is 2. The monoisotopic (exact) mass is 352 g/mol. The van der Waals surface area contributed by atoms with Crippen LogP contribution in [0.4, 0.5) is 0 Å². The van der Waals surface area contributed by atoms with Gasteiger partial charge in [0.15, 0.2) is 0 Å². The van der Waals surface area contributed by atoms with Crippen LogP contribution in [0.25, 0.3) is 0 Å². The zero-order chi connectivity index (χ0) is 15.0. The van der Waals surface area contributed by atoms with Crippen molar-refractivity contribution in [2.45, 2.75) is 33.8 Å². The van der Waals surface area contributed by atoms with Gasteiger partial charge in [0.1, 0.15) is 6.10 Å². The van der Waals surface area contributed by atoms with Gasteiger partial charge in [0, 0.05) is 4.47 Å². The molecule has 1 atom stereocenters. The first-order chi connectivity index (χ1) is 9.32.